The number of rotatable bonds is 21. The number of esters is 2. The van der Waals surface area contributed by atoms with E-state index in [2.05, 4.69) is 46.0 Å². The number of carbonyl (C=O) groups excluding carboxylic acids is 3. The van der Waals surface area contributed by atoms with E-state index in [-0.39, 0.29) is 54.6 Å². The van der Waals surface area contributed by atoms with Gasteiger partial charge in [-0.3, -0.25) is 14.9 Å². The SMILES string of the molecule is CCOCCOC1(C)CCC(O[Si](CC)(CC)CC)CC(=O)OC(/C(C)=C/C=C/C(C)CC2OC2C(C)C(CC)OC(=O)Nc2ccccc2)C(C)/C=C/C1OC(C)=O. The number of hydrogen-bond donors (Lipinski definition) is 1. The maximum atomic E-state index is 13.8. The minimum atomic E-state index is -2.10. The van der Waals surface area contributed by atoms with Gasteiger partial charge < -0.3 is 32.8 Å². The fraction of sp³-hybridized carbons (Fsp3) is 0.681. The zero-order valence-corrected chi connectivity index (χ0v) is 38.8. The van der Waals surface area contributed by atoms with Gasteiger partial charge in [-0.05, 0) is 94.3 Å². The average molecular weight is 842 g/mol. The maximum Gasteiger partial charge on any atom is 0.411 e. The summed E-state index contributed by atoms with van der Waals surface area (Å²) in [4.78, 5) is 38.9. The number of allylic oxidation sites excluding steroid dienone is 3. The molecule has 0 aromatic heterocycles. The first-order valence-corrected chi connectivity index (χ1v) is 24.6. The highest BCUT2D eigenvalue weighted by Gasteiger charge is 2.46. The Balaban J connectivity index is 1.77. The molecule has 0 radical (unpaired) electrons. The Bertz CT molecular complexity index is 1520. The van der Waals surface area contributed by atoms with Crippen LogP contribution in [0.15, 0.2) is 66.3 Å². The van der Waals surface area contributed by atoms with E-state index < -0.39 is 38.2 Å². The predicted molar refractivity (Wildman–Crippen MR) is 236 cm³/mol. The molecule has 3 rings (SSSR count). The summed E-state index contributed by atoms with van der Waals surface area (Å²) in [5.74, 6) is -0.689. The molecule has 12 heteroatoms. The molecule has 1 fully saturated rings. The van der Waals surface area contributed by atoms with Gasteiger partial charge in [0.25, 0.3) is 0 Å². The van der Waals surface area contributed by atoms with Crippen LogP contribution in [0.3, 0.4) is 0 Å². The Morgan fingerprint density at radius 3 is 2.34 bits per heavy atom. The quantitative estimate of drug-likeness (QED) is 0.0243. The first-order chi connectivity index (χ1) is 28.1. The van der Waals surface area contributed by atoms with Crippen molar-refractivity contribution in [1.82, 2.24) is 0 Å². The molecule has 10 unspecified atom stereocenters. The van der Waals surface area contributed by atoms with Crippen molar-refractivity contribution >= 4 is 32.0 Å². The van der Waals surface area contributed by atoms with E-state index in [4.69, 9.17) is 32.8 Å². The number of cyclic esters (lactones) is 1. The summed E-state index contributed by atoms with van der Waals surface area (Å²) < 4.78 is 43.2. The van der Waals surface area contributed by atoms with E-state index in [0.717, 1.165) is 30.1 Å². The number of benzene rings is 1. The second-order valence-electron chi connectivity index (χ2n) is 16.6. The highest BCUT2D eigenvalue weighted by Crippen LogP contribution is 2.38. The average Bonchev–Trinajstić information content (AvgIpc) is 3.98. The van der Waals surface area contributed by atoms with Crippen LogP contribution in [-0.2, 0) is 42.4 Å². The molecule has 59 heavy (non-hydrogen) atoms. The highest BCUT2D eigenvalue weighted by molar-refractivity contribution is 6.73. The van der Waals surface area contributed by atoms with Gasteiger partial charge in [0.05, 0.1) is 37.9 Å². The van der Waals surface area contributed by atoms with Crippen molar-refractivity contribution in [1.29, 1.82) is 0 Å². The molecule has 0 saturated carbocycles. The number of carbonyl (C=O) groups is 3. The third kappa shape index (κ3) is 16.3. The minimum Gasteiger partial charge on any atom is -0.457 e. The van der Waals surface area contributed by atoms with E-state index in [9.17, 15) is 14.4 Å². The first kappa shape index (κ1) is 50.1. The van der Waals surface area contributed by atoms with Crippen molar-refractivity contribution in [3.05, 3.63) is 66.3 Å². The largest absolute Gasteiger partial charge is 0.457 e. The van der Waals surface area contributed by atoms with Crippen molar-refractivity contribution in [3.63, 3.8) is 0 Å². The van der Waals surface area contributed by atoms with E-state index in [1.807, 2.05) is 89.3 Å². The number of hydrogen-bond acceptors (Lipinski definition) is 10. The van der Waals surface area contributed by atoms with Crippen LogP contribution in [0.1, 0.15) is 108 Å². The summed E-state index contributed by atoms with van der Waals surface area (Å²) in [7, 11) is -2.10. The van der Waals surface area contributed by atoms with Crippen LogP contribution < -0.4 is 5.32 Å². The molecule has 1 N–H and O–H groups in total. The second kappa shape index (κ2) is 24.8. The number of epoxide rings is 1. The summed E-state index contributed by atoms with van der Waals surface area (Å²) in [5.41, 5.74) is 0.693. The number of nitrogens with one attached hydrogen (secondary N) is 1. The lowest BCUT2D eigenvalue weighted by Crippen LogP contribution is -2.47. The molecule has 1 amide bonds. The molecule has 2 aliphatic rings. The summed E-state index contributed by atoms with van der Waals surface area (Å²) in [6, 6.07) is 12.1. The molecule has 0 bridgehead atoms. The summed E-state index contributed by atoms with van der Waals surface area (Å²) >= 11 is 0. The van der Waals surface area contributed by atoms with Crippen LogP contribution in [0, 0.1) is 17.8 Å². The van der Waals surface area contributed by atoms with Crippen molar-refractivity contribution in [2.24, 2.45) is 17.8 Å². The lowest BCUT2D eigenvalue weighted by Gasteiger charge is -2.39. The van der Waals surface area contributed by atoms with Gasteiger partial charge in [-0.15, -0.1) is 0 Å². The molecule has 0 aliphatic carbocycles. The summed E-state index contributed by atoms with van der Waals surface area (Å²) in [6.07, 6.45) is 10.4. The van der Waals surface area contributed by atoms with Crippen LogP contribution in [0.2, 0.25) is 18.1 Å². The molecule has 2 heterocycles. The molecular formula is C47H75NO10Si. The van der Waals surface area contributed by atoms with E-state index in [0.29, 0.717) is 44.8 Å². The molecule has 1 aromatic rings. The van der Waals surface area contributed by atoms with Gasteiger partial charge in [-0.25, -0.2) is 4.79 Å². The lowest BCUT2D eigenvalue weighted by molar-refractivity contribution is -0.166. The molecule has 332 valence electrons. The third-order valence-electron chi connectivity index (χ3n) is 12.0. The summed E-state index contributed by atoms with van der Waals surface area (Å²) in [5, 5.41) is 2.80. The Morgan fingerprint density at radius 1 is 1.02 bits per heavy atom. The number of para-hydroxylation sites is 1. The Morgan fingerprint density at radius 2 is 1.71 bits per heavy atom. The summed E-state index contributed by atoms with van der Waals surface area (Å²) in [6.45, 7) is 23.4. The molecule has 10 atom stereocenters. The minimum absolute atomic E-state index is 0.0150. The van der Waals surface area contributed by atoms with Crippen LogP contribution in [0.5, 0.6) is 0 Å². The Labute approximate surface area is 356 Å². The fourth-order valence-electron chi connectivity index (χ4n) is 8.02. The number of amides is 1. The normalized spacial score (nSPS) is 27.7. The van der Waals surface area contributed by atoms with Gasteiger partial charge in [0.15, 0.2) is 8.32 Å². The molecule has 11 nitrogen and oxygen atoms in total. The van der Waals surface area contributed by atoms with E-state index in [1.165, 1.54) is 6.92 Å². The third-order valence-corrected chi connectivity index (χ3v) is 16.7. The van der Waals surface area contributed by atoms with Crippen molar-refractivity contribution < 1.29 is 47.2 Å². The zero-order valence-electron chi connectivity index (χ0n) is 37.8. The monoisotopic (exact) mass is 842 g/mol. The van der Waals surface area contributed by atoms with Crippen LogP contribution in [-0.4, -0.2) is 88.4 Å². The number of anilines is 1. The van der Waals surface area contributed by atoms with Gasteiger partial charge in [0, 0.05) is 31.1 Å². The second-order valence-corrected chi connectivity index (χ2v) is 21.3. The Hall–Kier alpha value is -3.29. The van der Waals surface area contributed by atoms with Crippen molar-refractivity contribution in [2.75, 3.05) is 25.1 Å². The molecular weight excluding hydrogens is 767 g/mol. The predicted octanol–water partition coefficient (Wildman–Crippen LogP) is 10.4. The van der Waals surface area contributed by atoms with Crippen LogP contribution >= 0.6 is 0 Å². The highest BCUT2D eigenvalue weighted by atomic mass is 28.4. The van der Waals surface area contributed by atoms with Gasteiger partial charge in [0.1, 0.15) is 23.9 Å². The Kier molecular flexibility index (Phi) is 21.1. The van der Waals surface area contributed by atoms with Gasteiger partial charge in [0.2, 0.25) is 0 Å². The topological polar surface area (TPSA) is 131 Å². The van der Waals surface area contributed by atoms with Gasteiger partial charge >= 0.3 is 18.0 Å². The lowest BCUT2D eigenvalue weighted by atomic mass is 9.88. The molecule has 0 spiro atoms. The zero-order chi connectivity index (χ0) is 43.6. The van der Waals surface area contributed by atoms with Crippen molar-refractivity contribution in [2.45, 2.75) is 169 Å². The van der Waals surface area contributed by atoms with Gasteiger partial charge in [-0.1, -0.05) is 91.0 Å². The van der Waals surface area contributed by atoms with Crippen LogP contribution in [0.25, 0.3) is 0 Å². The van der Waals surface area contributed by atoms with Crippen LogP contribution in [0.4, 0.5) is 10.5 Å². The van der Waals surface area contributed by atoms with E-state index in [1.54, 1.807) is 0 Å². The molecule has 1 saturated heterocycles. The first-order valence-electron chi connectivity index (χ1n) is 22.1. The smallest absolute Gasteiger partial charge is 0.411 e. The van der Waals surface area contributed by atoms with Crippen molar-refractivity contribution in [3.8, 4) is 0 Å². The molecule has 2 aliphatic heterocycles. The number of ether oxygens (including phenoxy) is 6. The maximum absolute atomic E-state index is 13.8. The van der Waals surface area contributed by atoms with E-state index >= 15 is 0 Å². The fourth-order valence-corrected chi connectivity index (χ4v) is 10.9. The van der Waals surface area contributed by atoms with Gasteiger partial charge in [-0.2, -0.15) is 0 Å². The standard InChI is InChI=1S/C47H75NO10Si/c1-12-40(56-46(51)48-38-23-18-17-19-24-38)36(9)45-41(55-45)31-33(6)21-20-22-34(7)44-35(8)25-26-42(54-37(10)49)47(11,53-30-29-52-13-2)28-27-39(32-43(50)57-44)58-59(14-3,15-4)16-5/h17-26,33,35-36,39-42,44-45H,12-16,27-32H2,1-11H3,(H,48,51)/b21-20+,26-25+,34-22+. The molecule has 1 aromatic carbocycles.